The molecule has 0 saturated carbocycles. The highest BCUT2D eigenvalue weighted by Crippen LogP contribution is 2.37. The van der Waals surface area contributed by atoms with Crippen LogP contribution in [0.3, 0.4) is 0 Å². The zero-order valence-corrected chi connectivity index (χ0v) is 23.3. The molecule has 0 spiro atoms. The first-order valence-corrected chi connectivity index (χ1v) is 13.7. The number of benzene rings is 3. The van der Waals surface area contributed by atoms with Crippen LogP contribution in [0.25, 0.3) is 39.3 Å². The van der Waals surface area contributed by atoms with E-state index >= 15 is 0 Å². The number of ether oxygens (including phenoxy) is 1. The van der Waals surface area contributed by atoms with Gasteiger partial charge in [-0.05, 0) is 54.1 Å². The molecule has 4 heterocycles. The van der Waals surface area contributed by atoms with Gasteiger partial charge in [-0.3, -0.25) is 4.40 Å². The molecule has 0 bridgehead atoms. The lowest BCUT2D eigenvalue weighted by atomic mass is 10.1. The van der Waals surface area contributed by atoms with Gasteiger partial charge in [0.05, 0.1) is 46.5 Å². The van der Waals surface area contributed by atoms with E-state index in [9.17, 15) is 13.2 Å². The monoisotopic (exact) mass is 591 g/mol. The summed E-state index contributed by atoms with van der Waals surface area (Å²) in [6.07, 6.45) is -0.406. The quantitative estimate of drug-likeness (QED) is 0.197. The van der Waals surface area contributed by atoms with Crippen molar-refractivity contribution in [2.75, 3.05) is 12.4 Å². The number of imidazole rings is 2. The molecule has 218 valence electrons. The summed E-state index contributed by atoms with van der Waals surface area (Å²) in [7, 11) is 1.39. The molecule has 0 radical (unpaired) electrons. The molecule has 3 aromatic carbocycles. The fourth-order valence-electron chi connectivity index (χ4n) is 5.18. The topological polar surface area (TPSA) is 93.0 Å². The number of rotatable bonds is 7. The fourth-order valence-corrected chi connectivity index (χ4v) is 5.18. The zero-order valence-electron chi connectivity index (χ0n) is 23.3. The predicted octanol–water partition coefficient (Wildman–Crippen LogP) is 7.70. The summed E-state index contributed by atoms with van der Waals surface area (Å²) in [5.74, 6) is 1.18. The Morgan fingerprint density at radius 2 is 1.73 bits per heavy atom. The van der Waals surface area contributed by atoms with E-state index in [4.69, 9.17) is 14.7 Å². The Kier molecular flexibility index (Phi) is 6.69. The van der Waals surface area contributed by atoms with E-state index in [0.29, 0.717) is 29.1 Å². The first-order valence-electron chi connectivity index (χ1n) is 13.7. The summed E-state index contributed by atoms with van der Waals surface area (Å²) < 4.78 is 47.5. The molecule has 4 aromatic heterocycles. The average molecular weight is 592 g/mol. The second-order valence-corrected chi connectivity index (χ2v) is 10.1. The molecule has 0 aliphatic heterocycles. The third kappa shape index (κ3) is 5.19. The lowest BCUT2D eigenvalue weighted by molar-refractivity contribution is -0.137. The number of nitrogens with zero attached hydrogens (tertiary/aromatic N) is 5. The first kappa shape index (κ1) is 27.1. The van der Waals surface area contributed by atoms with Crippen molar-refractivity contribution in [3.05, 3.63) is 120 Å². The van der Waals surface area contributed by atoms with Crippen LogP contribution < -0.4 is 10.1 Å². The van der Waals surface area contributed by atoms with Gasteiger partial charge in [0.15, 0.2) is 0 Å². The minimum atomic E-state index is -4.52. The molecule has 0 saturated heterocycles. The van der Waals surface area contributed by atoms with Crippen LogP contribution in [0.15, 0.2) is 103 Å². The number of H-pyrrole nitrogens is 1. The molecule has 0 aliphatic rings. The highest BCUT2D eigenvalue weighted by molar-refractivity contribution is 5.87. The standard InChI is InChI=1S/C33H24F3N7O/c1-44-27-13-11-22(33(34,35)36)19-26(27)41-32-37-15-14-24(40-32)31-30(42-29-9-5-6-16-43(29)31)21-10-12-23-25(18-21)39-28(38-23)17-20-7-3-2-4-8-20/h2-16,18-19H,17H2,1H3,(H,38,39)(H,37,40,41). The maximum atomic E-state index is 13.4. The molecule has 11 heteroatoms. The van der Waals surface area contributed by atoms with E-state index in [2.05, 4.69) is 32.4 Å². The van der Waals surface area contributed by atoms with Crippen molar-refractivity contribution in [3.8, 4) is 28.4 Å². The van der Waals surface area contributed by atoms with Gasteiger partial charge in [0.1, 0.15) is 17.2 Å². The van der Waals surface area contributed by atoms with Gasteiger partial charge in [-0.15, -0.1) is 0 Å². The number of methoxy groups -OCH3 is 1. The summed E-state index contributed by atoms with van der Waals surface area (Å²) in [5.41, 5.74) is 5.60. The number of hydrogen-bond acceptors (Lipinski definition) is 6. The number of aromatic nitrogens is 6. The SMILES string of the molecule is COc1ccc(C(F)(F)F)cc1Nc1nccc(-c2c(-c3ccc4nc(Cc5ccccc5)[nH]c4c3)nc3ccccn23)n1. The zero-order chi connectivity index (χ0) is 30.3. The van der Waals surface area contributed by atoms with Gasteiger partial charge in [0.25, 0.3) is 0 Å². The second-order valence-electron chi connectivity index (χ2n) is 10.1. The number of halogens is 3. The Morgan fingerprint density at radius 3 is 2.55 bits per heavy atom. The Labute approximate surface area is 249 Å². The van der Waals surface area contributed by atoms with Gasteiger partial charge >= 0.3 is 6.18 Å². The third-order valence-corrected chi connectivity index (χ3v) is 7.22. The van der Waals surface area contributed by atoms with Crippen molar-refractivity contribution in [1.82, 2.24) is 29.3 Å². The van der Waals surface area contributed by atoms with E-state index in [1.54, 1.807) is 12.3 Å². The van der Waals surface area contributed by atoms with Gasteiger partial charge < -0.3 is 15.0 Å². The van der Waals surface area contributed by atoms with Crippen molar-refractivity contribution >= 4 is 28.3 Å². The summed E-state index contributed by atoms with van der Waals surface area (Å²) in [5, 5.41) is 2.90. The predicted molar refractivity (Wildman–Crippen MR) is 162 cm³/mol. The van der Waals surface area contributed by atoms with Crippen LogP contribution in [0.1, 0.15) is 17.0 Å². The largest absolute Gasteiger partial charge is 0.495 e. The molecule has 7 rings (SSSR count). The van der Waals surface area contributed by atoms with Crippen LogP contribution in [0, 0.1) is 0 Å². The van der Waals surface area contributed by atoms with E-state index < -0.39 is 11.7 Å². The van der Waals surface area contributed by atoms with E-state index in [1.165, 1.54) is 13.2 Å². The normalized spacial score (nSPS) is 11.7. The van der Waals surface area contributed by atoms with Gasteiger partial charge in [-0.2, -0.15) is 13.2 Å². The maximum Gasteiger partial charge on any atom is 0.416 e. The van der Waals surface area contributed by atoms with E-state index in [1.807, 2.05) is 65.2 Å². The van der Waals surface area contributed by atoms with Crippen molar-refractivity contribution in [2.45, 2.75) is 12.6 Å². The number of aromatic amines is 1. The Morgan fingerprint density at radius 1 is 0.886 bits per heavy atom. The number of pyridine rings is 1. The van der Waals surface area contributed by atoms with Crippen molar-refractivity contribution in [2.24, 2.45) is 0 Å². The van der Waals surface area contributed by atoms with Crippen molar-refractivity contribution < 1.29 is 17.9 Å². The molecular weight excluding hydrogens is 567 g/mol. The molecule has 0 atom stereocenters. The molecule has 7 aromatic rings. The lowest BCUT2D eigenvalue weighted by Crippen LogP contribution is -2.07. The first-order chi connectivity index (χ1) is 21.4. The number of alkyl halides is 3. The number of fused-ring (bicyclic) bond motifs is 2. The minimum Gasteiger partial charge on any atom is -0.495 e. The molecular formula is C33H24F3N7O. The fraction of sp³-hybridized carbons (Fsp3) is 0.0909. The number of hydrogen-bond donors (Lipinski definition) is 2. The molecule has 2 N–H and O–H groups in total. The highest BCUT2D eigenvalue weighted by Gasteiger charge is 2.31. The second kappa shape index (κ2) is 10.8. The number of nitrogens with one attached hydrogen (secondary N) is 2. The Balaban J connectivity index is 1.29. The van der Waals surface area contributed by atoms with Crippen molar-refractivity contribution in [3.63, 3.8) is 0 Å². The van der Waals surface area contributed by atoms with Crippen LogP contribution in [0.5, 0.6) is 5.75 Å². The molecule has 0 amide bonds. The number of anilines is 2. The summed E-state index contributed by atoms with van der Waals surface area (Å²) >= 11 is 0. The molecule has 0 fully saturated rings. The highest BCUT2D eigenvalue weighted by atomic mass is 19.4. The molecule has 0 aliphatic carbocycles. The molecule has 0 unspecified atom stereocenters. The van der Waals surface area contributed by atoms with Gasteiger partial charge in [-0.1, -0.05) is 42.5 Å². The van der Waals surface area contributed by atoms with Gasteiger partial charge in [0, 0.05) is 24.4 Å². The average Bonchev–Trinajstić information content (AvgIpc) is 3.62. The third-order valence-electron chi connectivity index (χ3n) is 7.22. The molecule has 8 nitrogen and oxygen atoms in total. The summed E-state index contributed by atoms with van der Waals surface area (Å²) in [6.45, 7) is 0. The van der Waals surface area contributed by atoms with Crippen LogP contribution in [-0.2, 0) is 12.6 Å². The smallest absolute Gasteiger partial charge is 0.416 e. The minimum absolute atomic E-state index is 0.0915. The summed E-state index contributed by atoms with van der Waals surface area (Å²) in [4.78, 5) is 22.1. The van der Waals surface area contributed by atoms with Crippen LogP contribution in [-0.4, -0.2) is 36.4 Å². The van der Waals surface area contributed by atoms with Crippen LogP contribution >= 0.6 is 0 Å². The van der Waals surface area contributed by atoms with Crippen molar-refractivity contribution in [1.29, 1.82) is 0 Å². The Bertz CT molecular complexity index is 2120. The van der Waals surface area contributed by atoms with E-state index in [-0.39, 0.29) is 17.4 Å². The lowest BCUT2D eigenvalue weighted by Gasteiger charge is -2.14. The van der Waals surface area contributed by atoms with Gasteiger partial charge in [0.2, 0.25) is 5.95 Å². The Hall–Kier alpha value is -5.71. The summed E-state index contributed by atoms with van der Waals surface area (Å²) in [6, 6.07) is 26.7. The van der Waals surface area contributed by atoms with Crippen LogP contribution in [0.4, 0.5) is 24.8 Å². The maximum absolute atomic E-state index is 13.4. The molecule has 44 heavy (non-hydrogen) atoms. The van der Waals surface area contributed by atoms with E-state index in [0.717, 1.165) is 40.1 Å². The van der Waals surface area contributed by atoms with Crippen LogP contribution in [0.2, 0.25) is 0 Å². The van der Waals surface area contributed by atoms with Gasteiger partial charge in [-0.25, -0.2) is 19.9 Å².